The Kier molecular flexibility index (Phi) is 9.22. The van der Waals surface area contributed by atoms with Crippen LogP contribution in [0.5, 0.6) is 11.5 Å². The zero-order chi connectivity index (χ0) is 30.2. The third-order valence-electron chi connectivity index (χ3n) is 6.13. The number of carbonyl (C=O) groups excluding carboxylic acids is 4. The van der Waals surface area contributed by atoms with Crippen molar-refractivity contribution < 1.29 is 42.5 Å². The van der Waals surface area contributed by atoms with Gasteiger partial charge in [0.15, 0.2) is 18.1 Å². The van der Waals surface area contributed by atoms with E-state index in [0.717, 1.165) is 0 Å². The van der Waals surface area contributed by atoms with Crippen molar-refractivity contribution in [3.05, 3.63) is 82.8 Å². The van der Waals surface area contributed by atoms with Gasteiger partial charge in [-0.1, -0.05) is 18.2 Å². The summed E-state index contributed by atoms with van der Waals surface area (Å²) in [5, 5.41) is 9.14. The second-order valence-electron chi connectivity index (χ2n) is 8.83. The zero-order valence-corrected chi connectivity index (χ0v) is 23.2. The number of benzene rings is 2. The van der Waals surface area contributed by atoms with Crippen LogP contribution in [0.2, 0.25) is 0 Å². The fourth-order valence-corrected chi connectivity index (χ4v) is 4.15. The molecule has 1 aromatic heterocycles. The number of rotatable bonds is 10. The predicted octanol–water partition coefficient (Wildman–Crippen LogP) is 3.07. The molecule has 2 heterocycles. The Labute approximate surface area is 240 Å². The summed E-state index contributed by atoms with van der Waals surface area (Å²) in [6, 6.07) is 13.7. The van der Waals surface area contributed by atoms with Crippen LogP contribution in [0.25, 0.3) is 11.3 Å². The van der Waals surface area contributed by atoms with Crippen LogP contribution in [0.4, 0.5) is 4.79 Å². The predicted molar refractivity (Wildman–Crippen MR) is 149 cm³/mol. The Bertz CT molecular complexity index is 1570. The van der Waals surface area contributed by atoms with Gasteiger partial charge >= 0.3 is 18.0 Å². The van der Waals surface area contributed by atoms with E-state index in [1.165, 1.54) is 27.5 Å². The molecule has 0 fully saturated rings. The summed E-state index contributed by atoms with van der Waals surface area (Å²) in [6.45, 7) is 1.22. The molecule has 3 aromatic rings. The Balaban J connectivity index is 1.37. The van der Waals surface area contributed by atoms with E-state index in [0.29, 0.717) is 33.9 Å². The minimum Gasteiger partial charge on any atom is -0.493 e. The molecule has 0 bridgehead atoms. The lowest BCUT2D eigenvalue weighted by molar-refractivity contribution is -0.136. The number of urea groups is 1. The Morgan fingerprint density at radius 3 is 2.52 bits per heavy atom. The maximum Gasteiger partial charge on any atom is 0.337 e. The highest BCUT2D eigenvalue weighted by atomic mass is 16.5. The maximum absolute atomic E-state index is 12.4. The maximum atomic E-state index is 12.4. The lowest BCUT2D eigenvalue weighted by Gasteiger charge is -2.28. The Hall–Kier alpha value is -5.59. The highest BCUT2D eigenvalue weighted by molar-refractivity contribution is 5.95. The van der Waals surface area contributed by atoms with E-state index in [1.807, 2.05) is 0 Å². The molecule has 3 amide bonds. The molecule has 0 aliphatic carbocycles. The van der Waals surface area contributed by atoms with Crippen molar-refractivity contribution in [2.75, 3.05) is 27.9 Å². The quantitative estimate of drug-likeness (QED) is 0.187. The van der Waals surface area contributed by atoms with E-state index < -0.39 is 29.9 Å². The van der Waals surface area contributed by atoms with E-state index in [-0.39, 0.29) is 23.7 Å². The number of methoxy groups -OCH3 is 3. The smallest absolute Gasteiger partial charge is 0.337 e. The average Bonchev–Trinajstić information content (AvgIpc) is 3.47. The fourth-order valence-electron chi connectivity index (χ4n) is 4.15. The Morgan fingerprint density at radius 1 is 1.00 bits per heavy atom. The van der Waals surface area contributed by atoms with Crippen LogP contribution >= 0.6 is 0 Å². The summed E-state index contributed by atoms with van der Waals surface area (Å²) in [4.78, 5) is 48.5. The highest BCUT2D eigenvalue weighted by Gasteiger charge is 2.32. The SMILES string of the molecule is COC(=O)C1=C(C)NC(=O)N[C@H]1c1ccc(OCC(=O)N/N=C\c2ccc(-c3cccc(C(=O)OC)c3)o2)c(OC)c1. The van der Waals surface area contributed by atoms with Crippen LogP contribution in [0, 0.1) is 0 Å². The molecule has 0 radical (unpaired) electrons. The van der Waals surface area contributed by atoms with E-state index in [2.05, 4.69) is 21.2 Å². The van der Waals surface area contributed by atoms with Crippen molar-refractivity contribution in [3.63, 3.8) is 0 Å². The molecule has 13 heteroatoms. The molecule has 1 aliphatic rings. The monoisotopic (exact) mass is 576 g/mol. The largest absolute Gasteiger partial charge is 0.493 e. The number of amides is 3. The molecule has 3 N–H and O–H groups in total. The molecule has 0 spiro atoms. The molecule has 2 aromatic carbocycles. The number of hydrogen-bond donors (Lipinski definition) is 3. The third-order valence-corrected chi connectivity index (χ3v) is 6.13. The van der Waals surface area contributed by atoms with Gasteiger partial charge in [0.1, 0.15) is 11.5 Å². The summed E-state index contributed by atoms with van der Waals surface area (Å²) in [7, 11) is 3.98. The van der Waals surface area contributed by atoms with Gasteiger partial charge in [0.2, 0.25) is 0 Å². The van der Waals surface area contributed by atoms with Crippen molar-refractivity contribution in [1.29, 1.82) is 0 Å². The fraction of sp³-hybridized carbons (Fsp3) is 0.207. The van der Waals surface area contributed by atoms with Gasteiger partial charge in [-0.3, -0.25) is 4.79 Å². The van der Waals surface area contributed by atoms with E-state index in [1.54, 1.807) is 61.5 Å². The molecule has 218 valence electrons. The second-order valence-corrected chi connectivity index (χ2v) is 8.83. The minimum absolute atomic E-state index is 0.239. The van der Waals surface area contributed by atoms with Crippen molar-refractivity contribution in [1.82, 2.24) is 16.1 Å². The number of allylic oxidation sites excluding steroid dienone is 1. The van der Waals surface area contributed by atoms with Crippen molar-refractivity contribution in [2.45, 2.75) is 13.0 Å². The molecule has 4 rings (SSSR count). The molecule has 1 atom stereocenters. The third kappa shape index (κ3) is 6.75. The molecule has 0 unspecified atom stereocenters. The number of carbonyl (C=O) groups is 4. The number of hydrogen-bond acceptors (Lipinski definition) is 10. The van der Waals surface area contributed by atoms with Crippen LogP contribution in [0.3, 0.4) is 0 Å². The first kappa shape index (κ1) is 29.4. The van der Waals surface area contributed by atoms with Gasteiger partial charge in [0.25, 0.3) is 5.91 Å². The first-order valence-corrected chi connectivity index (χ1v) is 12.5. The number of esters is 2. The standard InChI is InChI=1S/C29H28N4O9/c1-16-25(28(36)40-4)26(32-29(37)31-16)18-8-10-22(23(13-18)38-2)41-15-24(34)33-30-14-20-9-11-21(42-20)17-6-5-7-19(12-17)27(35)39-3/h5-14,26H,15H2,1-4H3,(H,33,34)(H2,31,32,37)/b30-14-/t26-/m0/s1. The van der Waals surface area contributed by atoms with Crippen molar-refractivity contribution in [3.8, 4) is 22.8 Å². The summed E-state index contributed by atoms with van der Waals surface area (Å²) < 4.78 is 26.3. The van der Waals surface area contributed by atoms with Crippen LogP contribution < -0.4 is 25.5 Å². The van der Waals surface area contributed by atoms with E-state index >= 15 is 0 Å². The molecule has 0 saturated heterocycles. The van der Waals surface area contributed by atoms with E-state index in [9.17, 15) is 19.2 Å². The lowest BCUT2D eigenvalue weighted by atomic mass is 9.95. The van der Waals surface area contributed by atoms with Gasteiger partial charge < -0.3 is 34.0 Å². The number of hydrazone groups is 1. The summed E-state index contributed by atoms with van der Waals surface area (Å²) in [6.07, 6.45) is 1.32. The summed E-state index contributed by atoms with van der Waals surface area (Å²) >= 11 is 0. The number of ether oxygens (including phenoxy) is 4. The van der Waals surface area contributed by atoms with Crippen molar-refractivity contribution >= 4 is 30.1 Å². The molecule has 13 nitrogen and oxygen atoms in total. The number of nitrogens with one attached hydrogen (secondary N) is 3. The van der Waals surface area contributed by atoms with Gasteiger partial charge in [-0.05, 0) is 48.9 Å². The van der Waals surface area contributed by atoms with Gasteiger partial charge in [-0.2, -0.15) is 5.10 Å². The summed E-state index contributed by atoms with van der Waals surface area (Å²) in [5.41, 5.74) is 4.55. The van der Waals surface area contributed by atoms with Crippen LogP contribution in [-0.4, -0.2) is 58.0 Å². The molecular weight excluding hydrogens is 548 g/mol. The highest BCUT2D eigenvalue weighted by Crippen LogP contribution is 2.34. The number of furan rings is 1. The van der Waals surface area contributed by atoms with Crippen molar-refractivity contribution in [2.24, 2.45) is 5.10 Å². The van der Waals surface area contributed by atoms with Gasteiger partial charge in [0.05, 0.1) is 44.7 Å². The Morgan fingerprint density at radius 2 is 1.79 bits per heavy atom. The lowest BCUT2D eigenvalue weighted by Crippen LogP contribution is -2.45. The first-order chi connectivity index (χ1) is 20.2. The van der Waals surface area contributed by atoms with Crippen LogP contribution in [-0.2, 0) is 19.1 Å². The first-order valence-electron chi connectivity index (χ1n) is 12.5. The average molecular weight is 577 g/mol. The van der Waals surface area contributed by atoms with Gasteiger partial charge in [0, 0.05) is 11.3 Å². The van der Waals surface area contributed by atoms with Gasteiger partial charge in [-0.25, -0.2) is 19.8 Å². The molecule has 0 saturated carbocycles. The normalized spacial score (nSPS) is 14.6. The summed E-state index contributed by atoms with van der Waals surface area (Å²) in [5.74, 6) is -0.205. The minimum atomic E-state index is -0.786. The number of nitrogens with zero attached hydrogens (tertiary/aromatic N) is 1. The molecule has 1 aliphatic heterocycles. The van der Waals surface area contributed by atoms with Crippen LogP contribution in [0.15, 0.2) is 75.4 Å². The second kappa shape index (κ2) is 13.2. The van der Waals surface area contributed by atoms with E-state index in [4.69, 9.17) is 23.4 Å². The molecule has 42 heavy (non-hydrogen) atoms. The zero-order valence-electron chi connectivity index (χ0n) is 23.2. The van der Waals surface area contributed by atoms with Crippen LogP contribution in [0.1, 0.15) is 34.6 Å². The molecular formula is C29H28N4O9. The topological polar surface area (TPSA) is 167 Å². The van der Waals surface area contributed by atoms with Gasteiger partial charge in [-0.15, -0.1) is 0 Å².